The second-order valence-electron chi connectivity index (χ2n) is 3.74. The molecule has 1 aromatic carbocycles. The van der Waals surface area contributed by atoms with Gasteiger partial charge in [-0.1, -0.05) is 19.8 Å². The fraction of sp³-hybridized carbons (Fsp3) is 0.462. The molecule has 0 saturated carbocycles. The van der Waals surface area contributed by atoms with E-state index in [9.17, 15) is 9.18 Å². The number of halogens is 1. The number of hydrogen-bond donors (Lipinski definition) is 0. The number of hydrogen-bond acceptors (Lipinski definition) is 2. The lowest BCUT2D eigenvalue weighted by Crippen LogP contribution is -2.00. The molecule has 1 rings (SSSR count). The highest BCUT2D eigenvalue weighted by Crippen LogP contribution is 2.18. The van der Waals surface area contributed by atoms with E-state index in [0.717, 1.165) is 24.2 Å². The van der Waals surface area contributed by atoms with Crippen LogP contribution in [0.3, 0.4) is 0 Å². The number of unbranched alkanes of at least 4 members (excludes halogenated alkanes) is 2. The fourth-order valence-electron chi connectivity index (χ4n) is 1.34. The molecule has 0 unspecified atom stereocenters. The number of ketones is 1. The molecule has 0 aromatic heterocycles. The molecule has 0 aliphatic rings. The van der Waals surface area contributed by atoms with Gasteiger partial charge in [-0.15, -0.1) is 11.8 Å². The summed E-state index contributed by atoms with van der Waals surface area (Å²) in [5, 5.41) is 0. The van der Waals surface area contributed by atoms with Crippen LogP contribution in [0, 0.1) is 5.82 Å². The van der Waals surface area contributed by atoms with Crippen molar-refractivity contribution in [1.29, 1.82) is 0 Å². The summed E-state index contributed by atoms with van der Waals surface area (Å²) < 4.78 is 12.6. The third kappa shape index (κ3) is 5.31. The van der Waals surface area contributed by atoms with Crippen molar-refractivity contribution in [1.82, 2.24) is 0 Å². The third-order valence-corrected chi connectivity index (χ3v) is 3.34. The van der Waals surface area contributed by atoms with Gasteiger partial charge in [-0.3, -0.25) is 4.79 Å². The number of benzene rings is 1. The highest BCUT2D eigenvalue weighted by atomic mass is 32.2. The summed E-state index contributed by atoms with van der Waals surface area (Å²) >= 11 is 1.48. The first kappa shape index (κ1) is 13.2. The molecule has 0 fully saturated rings. The molecular formula is C13H17FOS. The van der Waals surface area contributed by atoms with Gasteiger partial charge in [0.1, 0.15) is 11.6 Å². The number of rotatable bonds is 7. The van der Waals surface area contributed by atoms with Gasteiger partial charge in [-0.25, -0.2) is 4.39 Å². The van der Waals surface area contributed by atoms with Crippen molar-refractivity contribution >= 4 is 17.5 Å². The maximum Gasteiger partial charge on any atom is 0.143 e. The first-order valence-corrected chi connectivity index (χ1v) is 6.61. The molecular weight excluding hydrogens is 223 g/mol. The first-order chi connectivity index (χ1) is 7.72. The van der Waals surface area contributed by atoms with Crippen molar-refractivity contribution in [2.24, 2.45) is 0 Å². The zero-order valence-corrected chi connectivity index (χ0v) is 10.4. The van der Waals surface area contributed by atoms with Gasteiger partial charge in [0.2, 0.25) is 0 Å². The molecule has 1 nitrogen and oxygen atoms in total. The van der Waals surface area contributed by atoms with E-state index in [1.165, 1.54) is 23.9 Å². The Balaban J connectivity index is 2.23. The highest BCUT2D eigenvalue weighted by molar-refractivity contribution is 8.00. The van der Waals surface area contributed by atoms with Crippen LogP contribution in [0.25, 0.3) is 0 Å². The smallest absolute Gasteiger partial charge is 0.143 e. The van der Waals surface area contributed by atoms with Crippen LogP contribution in [0.15, 0.2) is 29.2 Å². The second-order valence-corrected chi connectivity index (χ2v) is 4.79. The summed E-state index contributed by atoms with van der Waals surface area (Å²) in [4.78, 5) is 12.4. The molecule has 0 heterocycles. The van der Waals surface area contributed by atoms with Crippen molar-refractivity contribution in [2.45, 2.75) is 37.5 Å². The van der Waals surface area contributed by atoms with E-state index in [1.54, 1.807) is 12.1 Å². The predicted octanol–water partition coefficient (Wildman–Crippen LogP) is 4.07. The monoisotopic (exact) mass is 240 g/mol. The Kier molecular flexibility index (Phi) is 6.16. The molecule has 0 atom stereocenters. The Morgan fingerprint density at radius 3 is 2.56 bits per heavy atom. The molecule has 0 N–H and O–H groups in total. The van der Waals surface area contributed by atoms with Crippen LogP contribution in [0.2, 0.25) is 0 Å². The van der Waals surface area contributed by atoms with Gasteiger partial charge in [0, 0.05) is 11.3 Å². The zero-order valence-electron chi connectivity index (χ0n) is 9.54. The maximum absolute atomic E-state index is 12.6. The van der Waals surface area contributed by atoms with Gasteiger partial charge in [0.05, 0.1) is 5.75 Å². The Morgan fingerprint density at radius 2 is 1.94 bits per heavy atom. The Hall–Kier alpha value is -0.830. The minimum absolute atomic E-state index is 0.237. The normalized spacial score (nSPS) is 10.4. The lowest BCUT2D eigenvalue weighted by atomic mass is 10.2. The molecule has 0 amide bonds. The van der Waals surface area contributed by atoms with E-state index in [0.29, 0.717) is 12.2 Å². The standard InChI is InChI=1S/C13H17FOS/c1-2-3-4-5-12(15)10-16-13-8-6-11(14)7-9-13/h6-9H,2-5,10H2,1H3. The Morgan fingerprint density at radius 1 is 1.25 bits per heavy atom. The molecule has 1 aromatic rings. The second kappa shape index (κ2) is 7.44. The molecule has 0 bridgehead atoms. The summed E-state index contributed by atoms with van der Waals surface area (Å²) in [5.74, 6) is 0.538. The minimum Gasteiger partial charge on any atom is -0.299 e. The molecule has 0 saturated heterocycles. The van der Waals surface area contributed by atoms with Crippen molar-refractivity contribution in [2.75, 3.05) is 5.75 Å². The molecule has 88 valence electrons. The molecule has 0 aliphatic carbocycles. The van der Waals surface area contributed by atoms with Crippen LogP contribution < -0.4 is 0 Å². The van der Waals surface area contributed by atoms with Crippen LogP contribution in [0.5, 0.6) is 0 Å². The minimum atomic E-state index is -0.237. The lowest BCUT2D eigenvalue weighted by molar-refractivity contribution is -0.116. The Bertz CT molecular complexity index is 321. The zero-order chi connectivity index (χ0) is 11.8. The van der Waals surface area contributed by atoms with Gasteiger partial charge in [0.25, 0.3) is 0 Å². The first-order valence-electron chi connectivity index (χ1n) is 5.62. The summed E-state index contributed by atoms with van der Waals surface area (Å²) in [5.41, 5.74) is 0. The summed E-state index contributed by atoms with van der Waals surface area (Å²) in [6, 6.07) is 6.26. The van der Waals surface area contributed by atoms with Crippen molar-refractivity contribution in [3.8, 4) is 0 Å². The largest absolute Gasteiger partial charge is 0.299 e. The van der Waals surface area contributed by atoms with Gasteiger partial charge in [-0.05, 0) is 30.7 Å². The topological polar surface area (TPSA) is 17.1 Å². The molecule has 0 spiro atoms. The quantitative estimate of drug-likeness (QED) is 0.528. The molecule has 3 heteroatoms. The van der Waals surface area contributed by atoms with E-state index in [-0.39, 0.29) is 11.6 Å². The lowest BCUT2D eigenvalue weighted by Gasteiger charge is -2.01. The summed E-state index contributed by atoms with van der Waals surface area (Å²) in [7, 11) is 0. The van der Waals surface area contributed by atoms with E-state index in [1.807, 2.05) is 0 Å². The van der Waals surface area contributed by atoms with Gasteiger partial charge in [0.15, 0.2) is 0 Å². The van der Waals surface area contributed by atoms with Crippen LogP contribution in [0.4, 0.5) is 4.39 Å². The van der Waals surface area contributed by atoms with Gasteiger partial charge >= 0.3 is 0 Å². The van der Waals surface area contributed by atoms with Gasteiger partial charge in [-0.2, -0.15) is 0 Å². The summed E-state index contributed by atoms with van der Waals surface area (Å²) in [6.45, 7) is 2.12. The average molecular weight is 240 g/mol. The highest BCUT2D eigenvalue weighted by Gasteiger charge is 2.03. The van der Waals surface area contributed by atoms with E-state index >= 15 is 0 Å². The average Bonchev–Trinajstić information content (AvgIpc) is 2.29. The number of carbonyl (C=O) groups is 1. The number of carbonyl (C=O) groups excluding carboxylic acids is 1. The number of Topliss-reactive ketones (excluding diaryl/α,β-unsaturated/α-hetero) is 1. The van der Waals surface area contributed by atoms with Gasteiger partial charge < -0.3 is 0 Å². The van der Waals surface area contributed by atoms with Crippen molar-refractivity contribution in [3.63, 3.8) is 0 Å². The van der Waals surface area contributed by atoms with Crippen LogP contribution >= 0.6 is 11.8 Å². The van der Waals surface area contributed by atoms with E-state index in [4.69, 9.17) is 0 Å². The molecule has 0 aliphatic heterocycles. The van der Waals surface area contributed by atoms with Crippen molar-refractivity contribution < 1.29 is 9.18 Å². The van der Waals surface area contributed by atoms with Crippen LogP contribution in [-0.2, 0) is 4.79 Å². The van der Waals surface area contributed by atoms with Crippen molar-refractivity contribution in [3.05, 3.63) is 30.1 Å². The third-order valence-electron chi connectivity index (χ3n) is 2.27. The number of thioether (sulfide) groups is 1. The molecule has 0 radical (unpaired) electrons. The fourth-order valence-corrected chi connectivity index (χ4v) is 2.14. The maximum atomic E-state index is 12.6. The molecule has 16 heavy (non-hydrogen) atoms. The SMILES string of the molecule is CCCCCC(=O)CSc1ccc(F)cc1. The Labute approximate surface area is 100 Å². The summed E-state index contributed by atoms with van der Waals surface area (Å²) in [6.07, 6.45) is 3.91. The van der Waals surface area contributed by atoms with E-state index in [2.05, 4.69) is 6.92 Å². The predicted molar refractivity (Wildman–Crippen MR) is 66.3 cm³/mol. The van der Waals surface area contributed by atoms with Crippen LogP contribution in [0.1, 0.15) is 32.6 Å². The van der Waals surface area contributed by atoms with E-state index < -0.39 is 0 Å². The van der Waals surface area contributed by atoms with Crippen LogP contribution in [-0.4, -0.2) is 11.5 Å².